The Morgan fingerprint density at radius 2 is 1.73 bits per heavy atom. The zero-order valence-electron chi connectivity index (χ0n) is 6.30. The summed E-state index contributed by atoms with van der Waals surface area (Å²) in [5.41, 5.74) is 0.803. The third-order valence-electron chi connectivity index (χ3n) is 1.36. The van der Waals surface area contributed by atoms with Crippen LogP contribution in [0, 0.1) is 0 Å². The quantitative estimate of drug-likeness (QED) is 0.397. The summed E-state index contributed by atoms with van der Waals surface area (Å²) in [6.07, 6.45) is 0. The van der Waals surface area contributed by atoms with Gasteiger partial charge in [0, 0.05) is 0 Å². The molecule has 0 atom stereocenters. The summed E-state index contributed by atoms with van der Waals surface area (Å²) in [7, 11) is 0. The summed E-state index contributed by atoms with van der Waals surface area (Å²) in [6.45, 7) is 1.58. The fourth-order valence-corrected chi connectivity index (χ4v) is 1.23. The maximum Gasteiger partial charge on any atom is -1.00 e. The summed E-state index contributed by atoms with van der Waals surface area (Å²) >= 11 is 1.15. The molecule has 1 rings (SSSR count). The van der Waals surface area contributed by atoms with E-state index in [0.717, 1.165) is 23.9 Å². The number of benzene rings is 1. The monoisotopic (exact) mass is 218 g/mol. The molecular formula is C8H7ClOZn. The van der Waals surface area contributed by atoms with Gasteiger partial charge in [0.2, 0.25) is 0 Å². The number of Topliss-reactive ketones (excluding diaryl/α,β-unsaturated/α-hetero) is 1. The molecule has 1 aromatic rings. The zero-order chi connectivity index (χ0) is 7.56. The third-order valence-corrected chi connectivity index (χ3v) is 2.35. The fraction of sp³-hybridized carbons (Fsp3) is 0.125. The Morgan fingerprint density at radius 3 is 2.09 bits per heavy atom. The first kappa shape index (κ1) is 10.8. The van der Waals surface area contributed by atoms with Crippen molar-refractivity contribution in [2.24, 2.45) is 0 Å². The van der Waals surface area contributed by atoms with Gasteiger partial charge in [-0.15, -0.1) is 0 Å². The van der Waals surface area contributed by atoms with Crippen molar-refractivity contribution in [3.8, 4) is 0 Å². The molecule has 54 valence electrons. The van der Waals surface area contributed by atoms with Gasteiger partial charge in [-0.2, -0.15) is 0 Å². The van der Waals surface area contributed by atoms with Gasteiger partial charge in [-0.1, -0.05) is 0 Å². The molecule has 0 spiro atoms. The van der Waals surface area contributed by atoms with E-state index in [1.807, 2.05) is 24.3 Å². The van der Waals surface area contributed by atoms with Crippen LogP contribution < -0.4 is 16.6 Å². The van der Waals surface area contributed by atoms with Crippen molar-refractivity contribution in [2.45, 2.75) is 6.92 Å². The van der Waals surface area contributed by atoms with Crippen LogP contribution in [0.2, 0.25) is 0 Å². The smallest absolute Gasteiger partial charge is 1.00 e. The Morgan fingerprint density at radius 1 is 1.27 bits per heavy atom. The maximum absolute atomic E-state index is 10.8. The van der Waals surface area contributed by atoms with Crippen LogP contribution in [0.15, 0.2) is 24.3 Å². The van der Waals surface area contributed by atoms with E-state index in [-0.39, 0.29) is 18.2 Å². The van der Waals surface area contributed by atoms with Crippen molar-refractivity contribution < 1.29 is 35.5 Å². The van der Waals surface area contributed by atoms with Gasteiger partial charge in [0.05, 0.1) is 0 Å². The second kappa shape index (κ2) is 4.63. The van der Waals surface area contributed by atoms with Crippen molar-refractivity contribution in [3.63, 3.8) is 0 Å². The Balaban J connectivity index is 0.000001000. The largest absolute Gasteiger partial charge is 1.00 e. The van der Waals surface area contributed by atoms with Crippen LogP contribution in [0.4, 0.5) is 0 Å². The number of halogens is 1. The Hall–Kier alpha value is -0.197. The number of rotatable bonds is 1. The second-order valence-corrected chi connectivity index (χ2v) is 3.97. The van der Waals surface area contributed by atoms with E-state index in [0.29, 0.717) is 0 Å². The summed E-state index contributed by atoms with van der Waals surface area (Å²) < 4.78 is 1.31. The molecule has 0 N–H and O–H groups in total. The van der Waals surface area contributed by atoms with Crippen LogP contribution in [-0.2, 0) is 18.3 Å². The van der Waals surface area contributed by atoms with Crippen molar-refractivity contribution in [2.75, 3.05) is 0 Å². The molecule has 0 aliphatic heterocycles. The second-order valence-electron chi connectivity index (χ2n) is 2.25. The van der Waals surface area contributed by atoms with E-state index in [9.17, 15) is 4.79 Å². The van der Waals surface area contributed by atoms with Crippen LogP contribution in [-0.4, -0.2) is 5.78 Å². The zero-order valence-corrected chi connectivity index (χ0v) is 10.0. The average Bonchev–Trinajstić information content (AvgIpc) is 1.88. The molecule has 0 saturated heterocycles. The van der Waals surface area contributed by atoms with E-state index in [1.165, 1.54) is 4.16 Å². The molecule has 1 nitrogen and oxygen atoms in total. The van der Waals surface area contributed by atoms with Gasteiger partial charge in [-0.3, -0.25) is 0 Å². The van der Waals surface area contributed by atoms with Crippen LogP contribution in [0.3, 0.4) is 0 Å². The van der Waals surface area contributed by atoms with Gasteiger partial charge >= 0.3 is 69.8 Å². The van der Waals surface area contributed by atoms with E-state index < -0.39 is 0 Å². The first-order chi connectivity index (χ1) is 4.70. The van der Waals surface area contributed by atoms with Crippen LogP contribution in [0.25, 0.3) is 0 Å². The molecule has 1 aromatic carbocycles. The van der Waals surface area contributed by atoms with E-state index >= 15 is 0 Å². The molecule has 0 fully saturated rings. The minimum Gasteiger partial charge on any atom is -1.00 e. The van der Waals surface area contributed by atoms with Gasteiger partial charge in [0.25, 0.3) is 0 Å². The SMILES string of the molecule is CC(=O)c1cc[c]([Zn+])cc1.[Cl-]. The molecule has 0 aliphatic carbocycles. The molecule has 0 aromatic heterocycles. The molecule has 0 aliphatic rings. The minimum absolute atomic E-state index is 0. The van der Waals surface area contributed by atoms with E-state index in [1.54, 1.807) is 6.92 Å². The number of carbonyl (C=O) groups excluding carboxylic acids is 1. The van der Waals surface area contributed by atoms with Gasteiger partial charge in [-0.25, -0.2) is 0 Å². The maximum atomic E-state index is 10.8. The number of ketones is 1. The van der Waals surface area contributed by atoms with Crippen LogP contribution in [0.5, 0.6) is 0 Å². The summed E-state index contributed by atoms with van der Waals surface area (Å²) in [4.78, 5) is 10.8. The summed E-state index contributed by atoms with van der Waals surface area (Å²) in [5, 5.41) is 0. The molecule has 0 radical (unpaired) electrons. The van der Waals surface area contributed by atoms with Crippen LogP contribution >= 0.6 is 0 Å². The predicted octanol–water partition coefficient (Wildman–Crippen LogP) is -1.93. The summed E-state index contributed by atoms with van der Waals surface area (Å²) in [6, 6.07) is 7.75. The van der Waals surface area contributed by atoms with Crippen molar-refractivity contribution >= 4 is 9.94 Å². The first-order valence-corrected chi connectivity index (χ1v) is 4.61. The van der Waals surface area contributed by atoms with Crippen LogP contribution in [0.1, 0.15) is 17.3 Å². The normalized spacial score (nSPS) is 8.64. The van der Waals surface area contributed by atoms with Gasteiger partial charge < -0.3 is 12.4 Å². The molecule has 11 heavy (non-hydrogen) atoms. The number of hydrogen-bond donors (Lipinski definition) is 0. The molecule has 0 amide bonds. The van der Waals surface area contributed by atoms with E-state index in [2.05, 4.69) is 0 Å². The predicted molar refractivity (Wildman–Crippen MR) is 36.1 cm³/mol. The van der Waals surface area contributed by atoms with Crippen molar-refractivity contribution in [1.29, 1.82) is 0 Å². The topological polar surface area (TPSA) is 17.1 Å². The molecule has 0 unspecified atom stereocenters. The van der Waals surface area contributed by atoms with Crippen molar-refractivity contribution in [3.05, 3.63) is 29.8 Å². The first-order valence-electron chi connectivity index (χ1n) is 3.13. The number of carbonyl (C=O) groups is 1. The molecule has 0 heterocycles. The molecule has 0 bridgehead atoms. The van der Waals surface area contributed by atoms with Gasteiger partial charge in [0.15, 0.2) is 0 Å². The standard InChI is InChI=1S/C8H7O.ClH.Zn/c1-7(9)8-5-3-2-4-6-8;;/h3-6H,1H3;1H;/q;;+1/p-1. The Kier molecular flexibility index (Phi) is 4.55. The Labute approximate surface area is 82.3 Å². The summed E-state index contributed by atoms with van der Waals surface area (Å²) in [5.74, 6) is 0.139. The third kappa shape index (κ3) is 3.13. The van der Waals surface area contributed by atoms with Gasteiger partial charge in [0.1, 0.15) is 0 Å². The molecule has 3 heteroatoms. The number of hydrogen-bond acceptors (Lipinski definition) is 1. The van der Waals surface area contributed by atoms with Crippen molar-refractivity contribution in [1.82, 2.24) is 0 Å². The molecular weight excluding hydrogens is 213 g/mol. The minimum atomic E-state index is 0. The average molecular weight is 220 g/mol. The van der Waals surface area contributed by atoms with E-state index in [4.69, 9.17) is 0 Å². The molecule has 0 saturated carbocycles. The van der Waals surface area contributed by atoms with Gasteiger partial charge in [-0.05, 0) is 0 Å². The Bertz CT molecular complexity index is 243. The fourth-order valence-electron chi connectivity index (χ4n) is 0.739.